The third kappa shape index (κ3) is 4.95. The second-order valence-electron chi connectivity index (χ2n) is 9.06. The first-order valence-electron chi connectivity index (χ1n) is 12.2. The van der Waals surface area contributed by atoms with Crippen molar-refractivity contribution < 1.29 is 9.53 Å². The zero-order chi connectivity index (χ0) is 26.8. The number of rotatable bonds is 9. The number of hydrogen-bond donors (Lipinski definition) is 0. The number of carbonyl (C=O) groups is 1. The average Bonchev–Trinajstić information content (AvgIpc) is 3.56. The Labute approximate surface area is 223 Å². The second-order valence-corrected chi connectivity index (χ2v) is 9.50. The molecule has 0 N–H and O–H groups in total. The van der Waals surface area contributed by atoms with Crippen molar-refractivity contribution >= 4 is 28.3 Å². The Hall–Kier alpha value is -4.31. The number of benzene rings is 2. The van der Waals surface area contributed by atoms with Crippen molar-refractivity contribution in [3.8, 4) is 22.6 Å². The van der Waals surface area contributed by atoms with Crippen LogP contribution < -0.4 is 10.3 Å². The number of ketones is 1. The lowest BCUT2D eigenvalue weighted by atomic mass is 9.98. The highest BCUT2D eigenvalue weighted by atomic mass is 35.5. The van der Waals surface area contributed by atoms with Gasteiger partial charge in [-0.25, -0.2) is 0 Å². The van der Waals surface area contributed by atoms with Crippen LogP contribution in [0.4, 0.5) is 0 Å². The summed E-state index contributed by atoms with van der Waals surface area (Å²) >= 11 is 6.31. The van der Waals surface area contributed by atoms with Gasteiger partial charge in [0.05, 0.1) is 30.6 Å². The van der Waals surface area contributed by atoms with Crippen molar-refractivity contribution in [3.05, 3.63) is 82.1 Å². The van der Waals surface area contributed by atoms with Crippen molar-refractivity contribution in [2.75, 3.05) is 7.11 Å². The zero-order valence-electron chi connectivity index (χ0n) is 21.2. The minimum absolute atomic E-state index is 0.0517. The minimum atomic E-state index is -0.640. The molecule has 1 atom stereocenters. The first-order chi connectivity index (χ1) is 18.4. The molecule has 0 aliphatic heterocycles. The van der Waals surface area contributed by atoms with Crippen LogP contribution in [0.5, 0.6) is 5.75 Å². The van der Waals surface area contributed by atoms with Gasteiger partial charge in [-0.1, -0.05) is 31.0 Å². The molecule has 0 aliphatic carbocycles. The number of hydrogen-bond acceptors (Lipinski definition) is 7. The Bertz CT molecular complexity index is 1670. The zero-order valence-corrected chi connectivity index (χ0v) is 22.0. The summed E-state index contributed by atoms with van der Waals surface area (Å²) in [6, 6.07) is 11.8. The SMILES string of the molecule is CCC[C@@H](C(=O)Cc1ccc2nn(C)cc2c1)n1cc(OC)c(-c2cc(Cl)ccc2-n2cnnn2)cc1=O. The van der Waals surface area contributed by atoms with Gasteiger partial charge in [-0.3, -0.25) is 14.3 Å². The summed E-state index contributed by atoms with van der Waals surface area (Å²) in [5.74, 6) is 0.371. The van der Waals surface area contributed by atoms with Gasteiger partial charge in [0, 0.05) is 47.3 Å². The molecule has 5 aromatic rings. The van der Waals surface area contributed by atoms with E-state index in [-0.39, 0.29) is 17.8 Å². The largest absolute Gasteiger partial charge is 0.495 e. The van der Waals surface area contributed by atoms with Crippen LogP contribution in [0.2, 0.25) is 5.02 Å². The predicted octanol–water partition coefficient (Wildman–Crippen LogP) is 4.19. The Morgan fingerprint density at radius 1 is 1.11 bits per heavy atom. The van der Waals surface area contributed by atoms with Crippen molar-refractivity contribution in [1.29, 1.82) is 0 Å². The molecule has 0 radical (unpaired) electrons. The van der Waals surface area contributed by atoms with Crippen LogP contribution in [0.1, 0.15) is 31.4 Å². The number of pyridine rings is 1. The van der Waals surface area contributed by atoms with Crippen molar-refractivity contribution in [2.45, 2.75) is 32.2 Å². The molecular weight excluding hydrogens is 506 g/mol. The predicted molar refractivity (Wildman–Crippen MR) is 144 cm³/mol. The molecule has 3 heterocycles. The van der Waals surface area contributed by atoms with Gasteiger partial charge in [-0.2, -0.15) is 9.78 Å². The van der Waals surface area contributed by atoms with Gasteiger partial charge in [-0.05, 0) is 52.7 Å². The maximum Gasteiger partial charge on any atom is 0.252 e. The lowest BCUT2D eigenvalue weighted by Crippen LogP contribution is -2.30. The molecule has 0 fully saturated rings. The number of ether oxygens (including phenoxy) is 1. The minimum Gasteiger partial charge on any atom is -0.495 e. The molecule has 38 heavy (non-hydrogen) atoms. The number of tetrazole rings is 1. The Morgan fingerprint density at radius 2 is 1.95 bits per heavy atom. The number of carbonyl (C=O) groups excluding carboxylic acids is 1. The Balaban J connectivity index is 1.53. The number of fused-ring (bicyclic) bond motifs is 1. The molecule has 2 aromatic carbocycles. The van der Waals surface area contributed by atoms with Gasteiger partial charge in [0.25, 0.3) is 5.56 Å². The first-order valence-corrected chi connectivity index (χ1v) is 12.5. The number of nitrogens with zero attached hydrogens (tertiary/aromatic N) is 7. The van der Waals surface area contributed by atoms with Gasteiger partial charge in [-0.15, -0.1) is 5.10 Å². The molecule has 0 amide bonds. The van der Waals surface area contributed by atoms with Crippen LogP contribution >= 0.6 is 11.6 Å². The first kappa shape index (κ1) is 25.3. The highest BCUT2D eigenvalue weighted by Gasteiger charge is 2.24. The number of aryl methyl sites for hydroxylation is 1. The molecule has 0 saturated carbocycles. The van der Waals surface area contributed by atoms with E-state index < -0.39 is 6.04 Å². The maximum absolute atomic E-state index is 13.5. The molecular formula is C27H26ClN7O3. The Kier molecular flexibility index (Phi) is 7.06. The monoisotopic (exact) mass is 531 g/mol. The van der Waals surface area contributed by atoms with E-state index in [0.717, 1.165) is 22.9 Å². The summed E-state index contributed by atoms with van der Waals surface area (Å²) in [7, 11) is 3.38. The molecule has 194 valence electrons. The van der Waals surface area contributed by atoms with Gasteiger partial charge in [0.1, 0.15) is 12.1 Å². The van der Waals surface area contributed by atoms with Gasteiger partial charge < -0.3 is 9.30 Å². The van der Waals surface area contributed by atoms with Crippen molar-refractivity contribution in [3.63, 3.8) is 0 Å². The fourth-order valence-corrected chi connectivity index (χ4v) is 4.87. The van der Waals surface area contributed by atoms with Crippen LogP contribution in [0.15, 0.2) is 66.0 Å². The number of halogens is 1. The second kappa shape index (κ2) is 10.6. The van der Waals surface area contributed by atoms with Crippen molar-refractivity contribution in [2.24, 2.45) is 7.05 Å². The van der Waals surface area contributed by atoms with E-state index >= 15 is 0 Å². The summed E-state index contributed by atoms with van der Waals surface area (Å²) in [6.45, 7) is 1.99. The van der Waals surface area contributed by atoms with E-state index in [1.54, 1.807) is 29.1 Å². The van der Waals surface area contributed by atoms with Crippen LogP contribution in [0.3, 0.4) is 0 Å². The quantitative estimate of drug-likeness (QED) is 0.280. The smallest absolute Gasteiger partial charge is 0.252 e. The summed E-state index contributed by atoms with van der Waals surface area (Å²) in [5.41, 5.74) is 3.19. The molecule has 11 heteroatoms. The van der Waals surface area contributed by atoms with Gasteiger partial charge >= 0.3 is 0 Å². The molecule has 0 spiro atoms. The molecule has 0 unspecified atom stereocenters. The average molecular weight is 532 g/mol. The molecule has 3 aromatic heterocycles. The topological polar surface area (TPSA) is 110 Å². The van der Waals surface area contributed by atoms with E-state index in [1.165, 1.54) is 28.8 Å². The summed E-state index contributed by atoms with van der Waals surface area (Å²) in [4.78, 5) is 27.0. The summed E-state index contributed by atoms with van der Waals surface area (Å²) < 4.78 is 10.4. The van der Waals surface area contributed by atoms with Crippen LogP contribution in [-0.2, 0) is 18.3 Å². The molecule has 0 saturated heterocycles. The third-order valence-corrected chi connectivity index (χ3v) is 6.67. The van der Waals surface area contributed by atoms with E-state index in [0.29, 0.717) is 34.0 Å². The number of aromatic nitrogens is 7. The standard InChI is InChI=1S/C27H26ClN7O3/c1-4-5-24(25(36)11-17-6-8-22-18(10-17)14-33(2)30-22)34-15-26(38-3)21(13-27(34)37)20-12-19(28)7-9-23(20)35-16-29-31-32-35/h6-10,12-16,24H,4-5,11H2,1-3H3/t24-/m0/s1. The van der Waals surface area contributed by atoms with Crippen LogP contribution in [0.25, 0.3) is 27.7 Å². The van der Waals surface area contributed by atoms with Crippen LogP contribution in [0, 0.1) is 0 Å². The highest BCUT2D eigenvalue weighted by molar-refractivity contribution is 6.31. The normalized spacial score (nSPS) is 12.1. The molecule has 0 bridgehead atoms. The summed E-state index contributed by atoms with van der Waals surface area (Å²) in [5, 5.41) is 17.2. The van der Waals surface area contributed by atoms with Crippen LogP contribution in [-0.4, -0.2) is 47.4 Å². The fraction of sp³-hybridized carbons (Fsp3) is 0.259. The molecule has 0 aliphatic rings. The fourth-order valence-electron chi connectivity index (χ4n) is 4.70. The highest BCUT2D eigenvalue weighted by Crippen LogP contribution is 2.35. The van der Waals surface area contributed by atoms with Gasteiger partial charge in [0.2, 0.25) is 0 Å². The number of Topliss-reactive ketones (excluding diaryl/α,β-unsaturated/α-hetero) is 1. The van der Waals surface area contributed by atoms with Gasteiger partial charge in [0.15, 0.2) is 5.78 Å². The molecule has 10 nitrogen and oxygen atoms in total. The van der Waals surface area contributed by atoms with E-state index in [9.17, 15) is 9.59 Å². The van der Waals surface area contributed by atoms with Crippen molar-refractivity contribution in [1.82, 2.24) is 34.6 Å². The lowest BCUT2D eigenvalue weighted by Gasteiger charge is -2.21. The summed E-state index contributed by atoms with van der Waals surface area (Å²) in [6.07, 6.45) is 6.42. The van der Waals surface area contributed by atoms with E-state index in [1.807, 2.05) is 38.4 Å². The van der Waals surface area contributed by atoms with E-state index in [4.69, 9.17) is 16.3 Å². The molecule has 5 rings (SSSR count). The maximum atomic E-state index is 13.5. The van der Waals surface area contributed by atoms with E-state index in [2.05, 4.69) is 20.6 Å². The number of methoxy groups -OCH3 is 1. The Morgan fingerprint density at radius 3 is 2.68 bits per heavy atom. The lowest BCUT2D eigenvalue weighted by molar-refractivity contribution is -0.121. The third-order valence-electron chi connectivity index (χ3n) is 6.44.